The summed E-state index contributed by atoms with van der Waals surface area (Å²) >= 11 is 0. The fourth-order valence-electron chi connectivity index (χ4n) is 3.25. The molecular weight excluding hydrogens is 186 g/mol. The average Bonchev–Trinajstić information content (AvgIpc) is 2.79. The zero-order valence-corrected chi connectivity index (χ0v) is 9.96. The van der Waals surface area contributed by atoms with Crippen molar-refractivity contribution >= 4 is 5.78 Å². The fourth-order valence-corrected chi connectivity index (χ4v) is 3.25. The molecule has 2 saturated carbocycles. The van der Waals surface area contributed by atoms with Crippen molar-refractivity contribution in [3.05, 3.63) is 0 Å². The van der Waals surface area contributed by atoms with Gasteiger partial charge in [0.1, 0.15) is 5.78 Å². The summed E-state index contributed by atoms with van der Waals surface area (Å²) in [6.07, 6.45) is 6.25. The number of carbonyl (C=O) groups is 1. The van der Waals surface area contributed by atoms with Crippen LogP contribution >= 0.6 is 0 Å². The number of Topliss-reactive ketones (excluding diaryl/α,β-unsaturated/α-hetero) is 1. The molecule has 3 unspecified atom stereocenters. The molecule has 0 aromatic rings. The van der Waals surface area contributed by atoms with Crippen molar-refractivity contribution in [1.29, 1.82) is 0 Å². The van der Waals surface area contributed by atoms with Crippen molar-refractivity contribution in [2.24, 2.45) is 28.9 Å². The number of nitrogens with two attached hydrogens (primary N) is 1. The van der Waals surface area contributed by atoms with Crippen molar-refractivity contribution in [2.75, 3.05) is 6.54 Å². The third kappa shape index (κ3) is 2.10. The van der Waals surface area contributed by atoms with E-state index in [1.54, 1.807) is 0 Å². The molecule has 0 heterocycles. The van der Waals surface area contributed by atoms with E-state index in [4.69, 9.17) is 5.73 Å². The highest BCUT2D eigenvalue weighted by atomic mass is 16.1. The molecule has 0 amide bonds. The van der Waals surface area contributed by atoms with Gasteiger partial charge in [-0.3, -0.25) is 4.79 Å². The van der Waals surface area contributed by atoms with E-state index in [1.165, 1.54) is 25.7 Å². The minimum Gasteiger partial charge on any atom is -0.329 e. The van der Waals surface area contributed by atoms with Gasteiger partial charge >= 0.3 is 0 Å². The van der Waals surface area contributed by atoms with Crippen LogP contribution in [0, 0.1) is 23.2 Å². The lowest BCUT2D eigenvalue weighted by atomic mass is 9.78. The van der Waals surface area contributed by atoms with Crippen LogP contribution in [0.25, 0.3) is 0 Å². The summed E-state index contributed by atoms with van der Waals surface area (Å²) in [7, 11) is 0. The monoisotopic (exact) mass is 209 g/mol. The minimum absolute atomic E-state index is 0.304. The van der Waals surface area contributed by atoms with Crippen LogP contribution in [0.5, 0.6) is 0 Å². The standard InChI is InChI=1S/C13H23NO/c1-13(2,8-14)12(15)7-11-6-9-3-4-10(11)5-9/h9-11H,3-8,14H2,1-2H3. The van der Waals surface area contributed by atoms with Gasteiger partial charge < -0.3 is 5.73 Å². The zero-order chi connectivity index (χ0) is 11.1. The number of ketones is 1. The quantitative estimate of drug-likeness (QED) is 0.772. The van der Waals surface area contributed by atoms with Gasteiger partial charge in [-0.1, -0.05) is 20.3 Å². The highest BCUT2D eigenvalue weighted by Crippen LogP contribution is 2.50. The lowest BCUT2D eigenvalue weighted by molar-refractivity contribution is -0.128. The van der Waals surface area contributed by atoms with Crippen molar-refractivity contribution in [3.63, 3.8) is 0 Å². The first-order chi connectivity index (χ1) is 7.03. The number of hydrogen-bond acceptors (Lipinski definition) is 2. The molecule has 0 aromatic carbocycles. The van der Waals surface area contributed by atoms with Crippen LogP contribution in [0.1, 0.15) is 46.0 Å². The third-order valence-electron chi connectivity index (χ3n) is 4.60. The SMILES string of the molecule is CC(C)(CN)C(=O)CC1CC2CCC1C2. The lowest BCUT2D eigenvalue weighted by Crippen LogP contribution is -2.34. The van der Waals surface area contributed by atoms with Gasteiger partial charge in [-0.05, 0) is 37.0 Å². The summed E-state index contributed by atoms with van der Waals surface area (Å²) in [5.41, 5.74) is 5.33. The Kier molecular flexibility index (Phi) is 2.89. The van der Waals surface area contributed by atoms with Crippen LogP contribution < -0.4 is 5.73 Å². The van der Waals surface area contributed by atoms with Crippen LogP contribution in [0.3, 0.4) is 0 Å². The van der Waals surface area contributed by atoms with Crippen molar-refractivity contribution in [2.45, 2.75) is 46.0 Å². The molecule has 2 N–H and O–H groups in total. The minimum atomic E-state index is -0.304. The van der Waals surface area contributed by atoms with E-state index >= 15 is 0 Å². The van der Waals surface area contributed by atoms with Gasteiger partial charge in [-0.2, -0.15) is 0 Å². The molecule has 2 bridgehead atoms. The Hall–Kier alpha value is -0.370. The van der Waals surface area contributed by atoms with E-state index in [0.29, 0.717) is 18.2 Å². The molecule has 86 valence electrons. The van der Waals surface area contributed by atoms with Crippen LogP contribution in [0.2, 0.25) is 0 Å². The van der Waals surface area contributed by atoms with Crippen LogP contribution in [0.15, 0.2) is 0 Å². The Morgan fingerprint density at radius 3 is 2.53 bits per heavy atom. The maximum absolute atomic E-state index is 12.0. The number of carbonyl (C=O) groups excluding carboxylic acids is 1. The molecule has 2 aliphatic carbocycles. The Bertz CT molecular complexity index is 259. The second-order valence-electron chi connectivity index (χ2n) is 6.15. The number of rotatable bonds is 4. The van der Waals surface area contributed by atoms with Crippen LogP contribution in [0.4, 0.5) is 0 Å². The maximum atomic E-state index is 12.0. The molecule has 0 spiro atoms. The first kappa shape index (κ1) is 11.1. The molecular formula is C13H23NO. The molecule has 3 atom stereocenters. The van der Waals surface area contributed by atoms with Crippen LogP contribution in [-0.4, -0.2) is 12.3 Å². The average molecular weight is 209 g/mol. The third-order valence-corrected chi connectivity index (χ3v) is 4.60. The van der Waals surface area contributed by atoms with Gasteiger partial charge in [0.05, 0.1) is 0 Å². The van der Waals surface area contributed by atoms with Gasteiger partial charge in [0.2, 0.25) is 0 Å². The molecule has 2 heteroatoms. The molecule has 2 rings (SSSR count). The van der Waals surface area contributed by atoms with Crippen molar-refractivity contribution < 1.29 is 4.79 Å². The second-order valence-corrected chi connectivity index (χ2v) is 6.15. The molecule has 0 radical (unpaired) electrons. The molecule has 0 saturated heterocycles. The summed E-state index contributed by atoms with van der Waals surface area (Å²) in [6.45, 7) is 4.43. The van der Waals surface area contributed by atoms with Crippen molar-refractivity contribution in [3.8, 4) is 0 Å². The molecule has 15 heavy (non-hydrogen) atoms. The van der Waals surface area contributed by atoms with Gasteiger partial charge in [0.25, 0.3) is 0 Å². The summed E-state index contributed by atoms with van der Waals surface area (Å²) in [6, 6.07) is 0. The van der Waals surface area contributed by atoms with E-state index in [2.05, 4.69) is 0 Å². The normalized spacial score (nSPS) is 34.7. The summed E-state index contributed by atoms with van der Waals surface area (Å²) < 4.78 is 0. The first-order valence-corrected chi connectivity index (χ1v) is 6.26. The maximum Gasteiger partial charge on any atom is 0.140 e. The Morgan fingerprint density at radius 2 is 2.07 bits per heavy atom. The zero-order valence-electron chi connectivity index (χ0n) is 9.96. The van der Waals surface area contributed by atoms with Crippen molar-refractivity contribution in [1.82, 2.24) is 0 Å². The summed E-state index contributed by atoms with van der Waals surface area (Å²) in [5.74, 6) is 2.85. The topological polar surface area (TPSA) is 43.1 Å². The van der Waals surface area contributed by atoms with E-state index < -0.39 is 0 Å². The summed E-state index contributed by atoms with van der Waals surface area (Å²) in [4.78, 5) is 12.0. The number of fused-ring (bicyclic) bond motifs is 2. The number of hydrogen-bond donors (Lipinski definition) is 1. The molecule has 2 aliphatic rings. The summed E-state index contributed by atoms with van der Waals surface area (Å²) in [5, 5.41) is 0. The van der Waals surface area contributed by atoms with Gasteiger partial charge in [-0.25, -0.2) is 0 Å². The largest absolute Gasteiger partial charge is 0.329 e. The first-order valence-electron chi connectivity index (χ1n) is 6.26. The van der Waals surface area contributed by atoms with E-state index in [0.717, 1.165) is 18.3 Å². The Morgan fingerprint density at radius 1 is 1.33 bits per heavy atom. The predicted octanol–water partition coefficient (Wildman–Crippen LogP) is 2.37. The van der Waals surface area contributed by atoms with E-state index in [-0.39, 0.29) is 5.41 Å². The van der Waals surface area contributed by atoms with Crippen LogP contribution in [-0.2, 0) is 4.79 Å². The molecule has 0 aliphatic heterocycles. The highest BCUT2D eigenvalue weighted by molar-refractivity contribution is 5.84. The Labute approximate surface area is 92.6 Å². The fraction of sp³-hybridized carbons (Fsp3) is 0.923. The van der Waals surface area contributed by atoms with Gasteiger partial charge in [0, 0.05) is 18.4 Å². The lowest BCUT2D eigenvalue weighted by Gasteiger charge is -2.26. The molecule has 0 aromatic heterocycles. The van der Waals surface area contributed by atoms with Gasteiger partial charge in [0.15, 0.2) is 0 Å². The predicted molar refractivity (Wildman–Crippen MR) is 61.4 cm³/mol. The molecule has 2 nitrogen and oxygen atoms in total. The second kappa shape index (κ2) is 3.89. The van der Waals surface area contributed by atoms with E-state index in [9.17, 15) is 4.79 Å². The van der Waals surface area contributed by atoms with Gasteiger partial charge in [-0.15, -0.1) is 0 Å². The Balaban J connectivity index is 1.90. The smallest absolute Gasteiger partial charge is 0.140 e. The van der Waals surface area contributed by atoms with E-state index in [1.807, 2.05) is 13.8 Å². The molecule has 2 fully saturated rings. The highest BCUT2D eigenvalue weighted by Gasteiger charge is 2.41.